The fourth-order valence-corrected chi connectivity index (χ4v) is 6.11. The lowest BCUT2D eigenvalue weighted by atomic mass is 9.73. The highest BCUT2D eigenvalue weighted by molar-refractivity contribution is 14.1. The van der Waals surface area contributed by atoms with E-state index >= 15 is 0 Å². The quantitative estimate of drug-likeness (QED) is 0.0888. The molecule has 0 aliphatic heterocycles. The molecule has 3 aromatic carbocycles. The van der Waals surface area contributed by atoms with Gasteiger partial charge < -0.3 is 4.84 Å². The van der Waals surface area contributed by atoms with Gasteiger partial charge in [-0.15, -0.1) is 0 Å². The average molecular weight is 537 g/mol. The summed E-state index contributed by atoms with van der Waals surface area (Å²) in [6.45, 7) is 0. The molecule has 0 aromatic heterocycles. The van der Waals surface area contributed by atoms with Crippen LogP contribution in [0.2, 0.25) is 0 Å². The van der Waals surface area contributed by atoms with Crippen LogP contribution in [0.1, 0.15) is 61.6 Å². The van der Waals surface area contributed by atoms with E-state index in [0.29, 0.717) is 5.41 Å². The topological polar surface area (TPSA) is 21.6 Å². The van der Waals surface area contributed by atoms with Crippen molar-refractivity contribution in [2.24, 2.45) is 10.6 Å². The van der Waals surface area contributed by atoms with Gasteiger partial charge in [-0.3, -0.25) is 0 Å². The molecule has 0 spiro atoms. The van der Waals surface area contributed by atoms with E-state index in [1.807, 2.05) is 24.4 Å². The summed E-state index contributed by atoms with van der Waals surface area (Å²) in [6, 6.07) is 31.3. The van der Waals surface area contributed by atoms with Crippen LogP contribution >= 0.6 is 22.6 Å². The molecule has 3 heteroatoms. The molecule has 0 bridgehead atoms. The largest absolute Gasteiger partial charge is 0.375 e. The van der Waals surface area contributed by atoms with Gasteiger partial charge in [-0.1, -0.05) is 138 Å². The molecule has 1 saturated carbocycles. The Kier molecular flexibility index (Phi) is 8.01. The van der Waals surface area contributed by atoms with Gasteiger partial charge in [0, 0.05) is 27.3 Å². The highest BCUT2D eigenvalue weighted by atomic mass is 127. The third-order valence-corrected chi connectivity index (χ3v) is 8.42. The van der Waals surface area contributed by atoms with E-state index in [9.17, 15) is 0 Å². The minimum absolute atomic E-state index is 0.486. The summed E-state index contributed by atoms with van der Waals surface area (Å²) < 4.78 is 1.24. The Morgan fingerprint density at radius 3 is 1.66 bits per heavy atom. The maximum Gasteiger partial charge on any atom is 0.212 e. The van der Waals surface area contributed by atoms with E-state index in [1.54, 1.807) is 0 Å². The molecule has 2 nitrogen and oxygen atoms in total. The molecule has 3 aromatic rings. The number of alkyl halides is 1. The zero-order valence-corrected chi connectivity index (χ0v) is 20.8. The summed E-state index contributed by atoms with van der Waals surface area (Å²) in [4.78, 5) is 6.51. The van der Waals surface area contributed by atoms with E-state index in [4.69, 9.17) is 4.84 Å². The van der Waals surface area contributed by atoms with Crippen molar-refractivity contribution in [1.29, 1.82) is 0 Å². The predicted molar refractivity (Wildman–Crippen MR) is 142 cm³/mol. The summed E-state index contributed by atoms with van der Waals surface area (Å²) in [5.41, 5.74) is 2.92. The second-order valence-corrected chi connectivity index (χ2v) is 9.65. The molecule has 0 atom stereocenters. The molecule has 0 unspecified atom stereocenters. The predicted octanol–water partition coefficient (Wildman–Crippen LogP) is 8.15. The average Bonchev–Trinajstić information content (AvgIpc) is 2.88. The van der Waals surface area contributed by atoms with Crippen LogP contribution in [0, 0.1) is 5.41 Å². The third kappa shape index (κ3) is 5.09. The van der Waals surface area contributed by atoms with Gasteiger partial charge >= 0.3 is 0 Å². The fraction of sp³-hybridized carbons (Fsp3) is 0.345. The first-order chi connectivity index (χ1) is 15.8. The lowest BCUT2D eigenvalue weighted by molar-refractivity contribution is 0.0177. The van der Waals surface area contributed by atoms with E-state index < -0.39 is 5.60 Å². The van der Waals surface area contributed by atoms with Crippen LogP contribution in [-0.4, -0.2) is 10.6 Å². The minimum atomic E-state index is -0.786. The van der Waals surface area contributed by atoms with Crippen LogP contribution < -0.4 is 0 Å². The standard InChI is InChI=1S/C29H32INO/c30-24-28(20-11-4-12-21-28)22-13-23-31-32-29(25-14-5-1-6-15-25,26-16-7-2-8-17-26)27-18-9-3-10-19-27/h1-3,5-10,14-19,23H,4,11-13,20-22,24H2/b31-23+. The highest BCUT2D eigenvalue weighted by Gasteiger charge is 2.39. The van der Waals surface area contributed by atoms with Gasteiger partial charge in [0.25, 0.3) is 0 Å². The van der Waals surface area contributed by atoms with E-state index in [-0.39, 0.29) is 0 Å². The number of oxime groups is 1. The van der Waals surface area contributed by atoms with Crippen molar-refractivity contribution >= 4 is 28.8 Å². The van der Waals surface area contributed by atoms with Crippen LogP contribution in [0.4, 0.5) is 0 Å². The first-order valence-electron chi connectivity index (χ1n) is 11.7. The van der Waals surface area contributed by atoms with E-state index in [1.165, 1.54) is 43.0 Å². The number of nitrogens with zero attached hydrogens (tertiary/aromatic N) is 1. The van der Waals surface area contributed by atoms with Crippen LogP contribution in [0.25, 0.3) is 0 Å². The monoisotopic (exact) mass is 537 g/mol. The van der Waals surface area contributed by atoms with Gasteiger partial charge in [-0.2, -0.15) is 0 Å². The molecule has 1 aliphatic carbocycles. The Hall–Kier alpha value is -2.14. The van der Waals surface area contributed by atoms with Gasteiger partial charge in [0.05, 0.1) is 0 Å². The molecule has 0 saturated heterocycles. The highest BCUT2D eigenvalue weighted by Crippen LogP contribution is 2.42. The number of benzene rings is 3. The van der Waals surface area contributed by atoms with Crippen molar-refractivity contribution in [2.45, 2.75) is 50.5 Å². The van der Waals surface area contributed by atoms with Crippen molar-refractivity contribution in [2.75, 3.05) is 4.43 Å². The summed E-state index contributed by atoms with van der Waals surface area (Å²) >= 11 is 2.58. The Morgan fingerprint density at radius 1 is 0.750 bits per heavy atom. The Bertz CT molecular complexity index is 869. The second kappa shape index (κ2) is 11.1. The smallest absolute Gasteiger partial charge is 0.212 e. The van der Waals surface area contributed by atoms with Crippen molar-refractivity contribution in [3.63, 3.8) is 0 Å². The normalized spacial score (nSPS) is 16.2. The SMILES string of the molecule is ICC1(CC/C=N/OC(c2ccccc2)(c2ccccc2)c2ccccc2)CCCCC1. The molecule has 0 radical (unpaired) electrons. The first-order valence-corrected chi connectivity index (χ1v) is 13.2. The molecular formula is C29H32INO. The maximum atomic E-state index is 6.51. The molecule has 4 rings (SSSR count). The number of rotatable bonds is 9. The first kappa shape index (κ1) is 23.0. The number of hydrogen-bond donors (Lipinski definition) is 0. The molecule has 1 fully saturated rings. The summed E-state index contributed by atoms with van der Waals surface area (Å²) in [6.07, 6.45) is 11.0. The Balaban J connectivity index is 1.63. The molecule has 32 heavy (non-hydrogen) atoms. The number of halogens is 1. The van der Waals surface area contributed by atoms with Gasteiger partial charge in [0.1, 0.15) is 0 Å². The Labute approximate surface area is 206 Å². The molecular weight excluding hydrogens is 505 g/mol. The second-order valence-electron chi connectivity index (χ2n) is 8.89. The zero-order valence-electron chi connectivity index (χ0n) is 18.6. The van der Waals surface area contributed by atoms with Crippen LogP contribution in [0.15, 0.2) is 96.2 Å². The van der Waals surface area contributed by atoms with Gasteiger partial charge in [0.15, 0.2) is 0 Å². The van der Waals surface area contributed by atoms with Crippen LogP contribution in [0.5, 0.6) is 0 Å². The lowest BCUT2D eigenvalue weighted by Crippen LogP contribution is -2.31. The van der Waals surface area contributed by atoms with Crippen LogP contribution in [0.3, 0.4) is 0 Å². The fourth-order valence-electron chi connectivity index (χ4n) is 4.97. The van der Waals surface area contributed by atoms with Crippen molar-refractivity contribution in [3.05, 3.63) is 108 Å². The molecule has 0 heterocycles. The van der Waals surface area contributed by atoms with Crippen molar-refractivity contribution < 1.29 is 4.84 Å². The van der Waals surface area contributed by atoms with Crippen LogP contribution in [-0.2, 0) is 10.4 Å². The van der Waals surface area contributed by atoms with Crippen molar-refractivity contribution in [1.82, 2.24) is 0 Å². The van der Waals surface area contributed by atoms with Gasteiger partial charge in [-0.05, 0) is 31.1 Å². The minimum Gasteiger partial charge on any atom is -0.375 e. The molecule has 1 aliphatic rings. The van der Waals surface area contributed by atoms with Crippen molar-refractivity contribution in [3.8, 4) is 0 Å². The molecule has 0 amide bonds. The zero-order chi connectivity index (χ0) is 22.1. The third-order valence-electron chi connectivity index (χ3n) is 6.81. The Morgan fingerprint density at radius 2 is 1.22 bits per heavy atom. The van der Waals surface area contributed by atoms with Gasteiger partial charge in [0.2, 0.25) is 5.60 Å². The summed E-state index contributed by atoms with van der Waals surface area (Å²) in [5, 5.41) is 4.60. The molecule has 166 valence electrons. The summed E-state index contributed by atoms with van der Waals surface area (Å²) in [5.74, 6) is 0. The molecule has 0 N–H and O–H groups in total. The number of hydrogen-bond acceptors (Lipinski definition) is 2. The summed E-state index contributed by atoms with van der Waals surface area (Å²) in [7, 11) is 0. The lowest BCUT2D eigenvalue weighted by Gasteiger charge is -2.35. The van der Waals surface area contributed by atoms with Gasteiger partial charge in [-0.25, -0.2) is 0 Å². The van der Waals surface area contributed by atoms with E-state index in [0.717, 1.165) is 23.1 Å². The van der Waals surface area contributed by atoms with E-state index in [2.05, 4.69) is 101 Å². The maximum absolute atomic E-state index is 6.51.